The second-order valence-electron chi connectivity index (χ2n) is 7.33. The van der Waals surface area contributed by atoms with Gasteiger partial charge in [-0.15, -0.1) is 0 Å². The van der Waals surface area contributed by atoms with Crippen LogP contribution in [0.25, 0.3) is 22.3 Å². The van der Waals surface area contributed by atoms with Gasteiger partial charge in [-0.1, -0.05) is 12.1 Å². The number of alkyl halides is 3. The van der Waals surface area contributed by atoms with E-state index in [1.54, 1.807) is 18.9 Å². The van der Waals surface area contributed by atoms with E-state index in [4.69, 9.17) is 10.5 Å². The fourth-order valence-corrected chi connectivity index (χ4v) is 3.57. The highest BCUT2D eigenvalue weighted by Crippen LogP contribution is 2.34. The van der Waals surface area contributed by atoms with Crippen LogP contribution in [0.4, 0.5) is 29.7 Å². The van der Waals surface area contributed by atoms with E-state index in [1.165, 1.54) is 16.8 Å². The molecule has 2 aromatic heterocycles. The molecule has 9 nitrogen and oxygen atoms in total. The molecule has 1 aliphatic rings. The van der Waals surface area contributed by atoms with E-state index in [9.17, 15) is 18.0 Å². The lowest BCUT2D eigenvalue weighted by Crippen LogP contribution is -2.49. The first kappa shape index (κ1) is 21.7. The Hall–Kier alpha value is -3.57. The number of carbonyl (C=O) groups excluding carboxylic acids is 1. The average molecular weight is 449 g/mol. The van der Waals surface area contributed by atoms with Gasteiger partial charge in [-0.2, -0.15) is 23.3 Å². The van der Waals surface area contributed by atoms with E-state index in [0.717, 1.165) is 12.1 Å². The van der Waals surface area contributed by atoms with Crippen molar-refractivity contribution in [2.75, 3.05) is 43.4 Å². The zero-order valence-corrected chi connectivity index (χ0v) is 17.6. The minimum Gasteiger partial charge on any atom is -0.450 e. The summed E-state index contributed by atoms with van der Waals surface area (Å²) < 4.78 is 45.4. The molecule has 1 amide bonds. The van der Waals surface area contributed by atoms with Crippen molar-refractivity contribution in [3.8, 4) is 11.3 Å². The lowest BCUT2D eigenvalue weighted by atomic mass is 10.1. The van der Waals surface area contributed by atoms with Gasteiger partial charge in [-0.25, -0.2) is 9.78 Å². The number of anilines is 2. The van der Waals surface area contributed by atoms with Crippen LogP contribution in [0, 0.1) is 0 Å². The number of fused-ring (bicyclic) bond motifs is 1. The summed E-state index contributed by atoms with van der Waals surface area (Å²) in [5, 5.41) is 4.80. The number of aromatic nitrogens is 4. The molecule has 0 radical (unpaired) electrons. The SMILES string of the molecule is CCOC(=O)N1CCN(c2nc(-c3ccc(C(F)(F)F)cc3)c3c(N)n(C)nc3n2)CC1. The highest BCUT2D eigenvalue weighted by molar-refractivity contribution is 5.98. The topological polar surface area (TPSA) is 102 Å². The van der Waals surface area contributed by atoms with Gasteiger partial charge in [-0.3, -0.25) is 4.68 Å². The molecule has 0 saturated carbocycles. The molecule has 3 heterocycles. The average Bonchev–Trinajstić information content (AvgIpc) is 3.06. The summed E-state index contributed by atoms with van der Waals surface area (Å²) in [6.07, 6.45) is -4.80. The van der Waals surface area contributed by atoms with Gasteiger partial charge < -0.3 is 20.3 Å². The number of ether oxygens (including phenoxy) is 1. The molecule has 0 aliphatic carbocycles. The maximum atomic E-state index is 13.0. The number of aryl methyl sites for hydroxylation is 1. The van der Waals surface area contributed by atoms with Crippen molar-refractivity contribution in [2.45, 2.75) is 13.1 Å². The zero-order chi connectivity index (χ0) is 23.0. The summed E-state index contributed by atoms with van der Waals surface area (Å²) in [5.74, 6) is 0.683. The third-order valence-corrected chi connectivity index (χ3v) is 5.30. The maximum Gasteiger partial charge on any atom is 0.416 e. The van der Waals surface area contributed by atoms with E-state index in [0.29, 0.717) is 66.8 Å². The number of hydrogen-bond acceptors (Lipinski definition) is 7. The summed E-state index contributed by atoms with van der Waals surface area (Å²) in [5.41, 5.74) is 6.62. The molecule has 3 aromatic rings. The van der Waals surface area contributed by atoms with Crippen molar-refractivity contribution in [3.63, 3.8) is 0 Å². The number of piperazine rings is 1. The number of hydrogen-bond donors (Lipinski definition) is 1. The van der Waals surface area contributed by atoms with Crippen molar-refractivity contribution in [1.82, 2.24) is 24.6 Å². The van der Waals surface area contributed by atoms with E-state index in [1.807, 2.05) is 4.90 Å². The number of carbonyl (C=O) groups is 1. The Bertz CT molecular complexity index is 1140. The summed E-state index contributed by atoms with van der Waals surface area (Å²) >= 11 is 0. The maximum absolute atomic E-state index is 13.0. The molecule has 1 saturated heterocycles. The van der Waals surface area contributed by atoms with Crippen LogP contribution in [0.5, 0.6) is 0 Å². The summed E-state index contributed by atoms with van der Waals surface area (Å²) in [6, 6.07) is 4.74. The van der Waals surface area contributed by atoms with Gasteiger partial charge in [0.25, 0.3) is 0 Å². The summed E-state index contributed by atoms with van der Waals surface area (Å²) in [6.45, 7) is 3.85. The summed E-state index contributed by atoms with van der Waals surface area (Å²) in [4.78, 5) is 24.6. The van der Waals surface area contributed by atoms with Crippen molar-refractivity contribution in [2.24, 2.45) is 7.05 Å². The number of nitrogen functional groups attached to an aromatic ring is 1. The number of nitrogens with zero attached hydrogens (tertiary/aromatic N) is 6. The van der Waals surface area contributed by atoms with Crippen molar-refractivity contribution >= 4 is 28.9 Å². The highest BCUT2D eigenvalue weighted by atomic mass is 19.4. The van der Waals surface area contributed by atoms with Gasteiger partial charge >= 0.3 is 12.3 Å². The number of rotatable bonds is 3. The molecule has 2 N–H and O–H groups in total. The van der Waals surface area contributed by atoms with Crippen LogP contribution in [-0.4, -0.2) is 63.5 Å². The Morgan fingerprint density at radius 3 is 2.38 bits per heavy atom. The van der Waals surface area contributed by atoms with E-state index in [-0.39, 0.29) is 6.09 Å². The molecular weight excluding hydrogens is 427 g/mol. The van der Waals surface area contributed by atoms with Crippen molar-refractivity contribution in [3.05, 3.63) is 29.8 Å². The molecule has 32 heavy (non-hydrogen) atoms. The number of nitrogens with two attached hydrogens (primary N) is 1. The van der Waals surface area contributed by atoms with Crippen LogP contribution in [0.15, 0.2) is 24.3 Å². The Morgan fingerprint density at radius 2 is 1.78 bits per heavy atom. The second kappa shape index (κ2) is 8.17. The number of benzene rings is 1. The Kier molecular flexibility index (Phi) is 5.53. The first-order valence-corrected chi connectivity index (χ1v) is 10.0. The Morgan fingerprint density at radius 1 is 1.12 bits per heavy atom. The molecule has 170 valence electrons. The molecule has 0 atom stereocenters. The van der Waals surface area contributed by atoms with Crippen LogP contribution >= 0.6 is 0 Å². The monoisotopic (exact) mass is 449 g/mol. The van der Waals surface area contributed by atoms with Crippen LogP contribution < -0.4 is 10.6 Å². The van der Waals surface area contributed by atoms with Crippen LogP contribution in [0.2, 0.25) is 0 Å². The molecule has 4 rings (SSSR count). The fraction of sp³-hybridized carbons (Fsp3) is 0.400. The van der Waals surface area contributed by atoms with Crippen LogP contribution in [0.3, 0.4) is 0 Å². The third kappa shape index (κ3) is 3.99. The quantitative estimate of drug-likeness (QED) is 0.656. The first-order valence-electron chi connectivity index (χ1n) is 10.0. The number of halogens is 3. The largest absolute Gasteiger partial charge is 0.450 e. The lowest BCUT2D eigenvalue weighted by molar-refractivity contribution is -0.137. The van der Waals surface area contributed by atoms with Crippen molar-refractivity contribution in [1.29, 1.82) is 0 Å². The smallest absolute Gasteiger partial charge is 0.416 e. The molecular formula is C20H22F3N7O2. The second-order valence-corrected chi connectivity index (χ2v) is 7.33. The van der Waals surface area contributed by atoms with Gasteiger partial charge in [-0.05, 0) is 19.1 Å². The predicted molar refractivity (Wildman–Crippen MR) is 112 cm³/mol. The highest BCUT2D eigenvalue weighted by Gasteiger charge is 2.30. The Labute approximate surface area is 181 Å². The van der Waals surface area contributed by atoms with E-state index in [2.05, 4.69) is 15.1 Å². The van der Waals surface area contributed by atoms with Crippen LogP contribution in [0.1, 0.15) is 12.5 Å². The lowest BCUT2D eigenvalue weighted by Gasteiger charge is -2.34. The fourth-order valence-electron chi connectivity index (χ4n) is 3.57. The van der Waals surface area contributed by atoms with E-state index >= 15 is 0 Å². The molecule has 0 bridgehead atoms. The standard InChI is InChI=1S/C20H22F3N7O2/c1-3-32-19(31)30-10-8-29(9-11-30)18-25-15(14-16(24)28(2)27-17(14)26-18)12-4-6-13(7-5-12)20(21,22)23/h4-7H,3,8-11,24H2,1-2H3. The van der Waals surface area contributed by atoms with E-state index < -0.39 is 11.7 Å². The minimum absolute atomic E-state index is 0.302. The van der Waals surface area contributed by atoms with Gasteiger partial charge in [0, 0.05) is 38.8 Å². The summed E-state index contributed by atoms with van der Waals surface area (Å²) in [7, 11) is 1.66. The molecule has 0 unspecified atom stereocenters. The van der Waals surface area contributed by atoms with Gasteiger partial charge in [0.05, 0.1) is 23.3 Å². The van der Waals surface area contributed by atoms with Gasteiger partial charge in [0.15, 0.2) is 5.65 Å². The third-order valence-electron chi connectivity index (χ3n) is 5.30. The first-order chi connectivity index (χ1) is 15.2. The Balaban J connectivity index is 1.70. The zero-order valence-electron chi connectivity index (χ0n) is 17.6. The van der Waals surface area contributed by atoms with Gasteiger partial charge in [0.1, 0.15) is 5.82 Å². The molecule has 0 spiro atoms. The molecule has 12 heteroatoms. The molecule has 1 aromatic carbocycles. The van der Waals surface area contributed by atoms with Crippen LogP contribution in [-0.2, 0) is 18.0 Å². The minimum atomic E-state index is -4.43. The predicted octanol–water partition coefficient (Wildman–Crippen LogP) is 2.91. The van der Waals surface area contributed by atoms with Crippen molar-refractivity contribution < 1.29 is 22.7 Å². The number of amides is 1. The molecule has 1 fully saturated rings. The molecule has 1 aliphatic heterocycles. The normalized spacial score (nSPS) is 14.8. The van der Waals surface area contributed by atoms with Gasteiger partial charge in [0.2, 0.25) is 5.95 Å².